The topological polar surface area (TPSA) is 85.3 Å². The lowest BCUT2D eigenvalue weighted by molar-refractivity contribution is -0.187. The predicted molar refractivity (Wildman–Crippen MR) is 114 cm³/mol. The number of piperidine rings is 1. The van der Waals surface area contributed by atoms with Crippen LogP contribution in [0.3, 0.4) is 0 Å². The van der Waals surface area contributed by atoms with E-state index < -0.39 is 5.79 Å². The Morgan fingerprint density at radius 3 is 2.50 bits per heavy atom. The van der Waals surface area contributed by atoms with Crippen LogP contribution in [0.25, 0.3) is 16.5 Å². The number of furan rings is 1. The Morgan fingerprint density at radius 2 is 1.84 bits per heavy atom. The number of rotatable bonds is 4. The molecule has 0 radical (unpaired) electrons. The average Bonchev–Trinajstić information content (AvgIpc) is 3.59. The van der Waals surface area contributed by atoms with Crippen molar-refractivity contribution in [3.63, 3.8) is 0 Å². The quantitative estimate of drug-likeness (QED) is 0.500. The Kier molecular flexibility index (Phi) is 4.76. The molecule has 4 aromatic rings. The van der Waals surface area contributed by atoms with E-state index in [0.717, 1.165) is 18.4 Å². The van der Waals surface area contributed by atoms with Crippen molar-refractivity contribution in [2.75, 3.05) is 26.3 Å². The molecule has 2 aliphatic rings. The molecule has 32 heavy (non-hydrogen) atoms. The van der Waals surface area contributed by atoms with E-state index >= 15 is 0 Å². The Balaban J connectivity index is 1.37. The van der Waals surface area contributed by atoms with E-state index in [4.69, 9.17) is 13.9 Å². The number of likely N-dealkylation sites (tertiary alicyclic amines) is 1. The van der Waals surface area contributed by atoms with Gasteiger partial charge >= 0.3 is 0 Å². The van der Waals surface area contributed by atoms with Gasteiger partial charge in [0.15, 0.2) is 11.5 Å². The van der Waals surface area contributed by atoms with Gasteiger partial charge in [0.1, 0.15) is 5.82 Å². The zero-order valence-electron chi connectivity index (χ0n) is 17.1. The minimum absolute atomic E-state index is 0.0262. The van der Waals surface area contributed by atoms with E-state index in [0.29, 0.717) is 47.7 Å². The molecule has 5 heterocycles. The number of aromatic hydroxyl groups is 1. The lowest BCUT2D eigenvalue weighted by Crippen LogP contribution is -2.46. The SMILES string of the molecule is Oc1c(C(c2ccc(F)cc2)N2CCC3(CC2)OCCO3)sc2nc(-c3ccco3)nn12. The number of hydrogen-bond acceptors (Lipinski definition) is 8. The monoisotopic (exact) mass is 456 g/mol. The third-order valence-corrected chi connectivity index (χ3v) is 7.19. The van der Waals surface area contributed by atoms with Gasteiger partial charge in [0.05, 0.1) is 30.4 Å². The zero-order chi connectivity index (χ0) is 21.7. The van der Waals surface area contributed by atoms with Gasteiger partial charge in [-0.15, -0.1) is 5.10 Å². The molecule has 0 amide bonds. The van der Waals surface area contributed by atoms with Crippen molar-refractivity contribution in [3.8, 4) is 17.5 Å². The highest BCUT2D eigenvalue weighted by Crippen LogP contribution is 2.43. The number of aromatic nitrogens is 3. The van der Waals surface area contributed by atoms with Gasteiger partial charge in [-0.25, -0.2) is 4.39 Å². The number of fused-ring (bicyclic) bond motifs is 1. The smallest absolute Gasteiger partial charge is 0.230 e. The molecule has 8 nitrogen and oxygen atoms in total. The fraction of sp³-hybridized carbons (Fsp3) is 0.364. The van der Waals surface area contributed by atoms with Crippen LogP contribution in [0.1, 0.15) is 29.3 Å². The van der Waals surface area contributed by atoms with Crippen LogP contribution < -0.4 is 0 Å². The first-order valence-electron chi connectivity index (χ1n) is 10.5. The van der Waals surface area contributed by atoms with Crippen LogP contribution in [0.2, 0.25) is 0 Å². The van der Waals surface area contributed by atoms with Crippen LogP contribution in [0.5, 0.6) is 5.88 Å². The van der Waals surface area contributed by atoms with Crippen molar-refractivity contribution in [2.45, 2.75) is 24.7 Å². The summed E-state index contributed by atoms with van der Waals surface area (Å²) in [6, 6.07) is 9.68. The second-order valence-electron chi connectivity index (χ2n) is 7.99. The zero-order valence-corrected chi connectivity index (χ0v) is 17.9. The second-order valence-corrected chi connectivity index (χ2v) is 9.00. The van der Waals surface area contributed by atoms with E-state index in [1.54, 1.807) is 30.5 Å². The molecule has 1 unspecified atom stereocenters. The van der Waals surface area contributed by atoms with Gasteiger partial charge in [0, 0.05) is 25.9 Å². The van der Waals surface area contributed by atoms with Crippen molar-refractivity contribution >= 4 is 16.3 Å². The van der Waals surface area contributed by atoms with Gasteiger partial charge in [0.2, 0.25) is 16.7 Å². The van der Waals surface area contributed by atoms with Crippen molar-refractivity contribution in [2.24, 2.45) is 0 Å². The summed E-state index contributed by atoms with van der Waals surface area (Å²) in [4.78, 5) is 8.07. The van der Waals surface area contributed by atoms with Crippen LogP contribution in [-0.4, -0.2) is 56.7 Å². The molecule has 2 saturated heterocycles. The third-order valence-electron chi connectivity index (χ3n) is 6.11. The van der Waals surface area contributed by atoms with E-state index in [2.05, 4.69) is 15.0 Å². The molecule has 2 aliphatic heterocycles. The number of nitrogens with zero attached hydrogens (tertiary/aromatic N) is 4. The van der Waals surface area contributed by atoms with Crippen LogP contribution in [-0.2, 0) is 9.47 Å². The van der Waals surface area contributed by atoms with Gasteiger partial charge in [-0.1, -0.05) is 23.5 Å². The lowest BCUT2D eigenvalue weighted by Gasteiger charge is -2.41. The van der Waals surface area contributed by atoms with Crippen LogP contribution in [0, 0.1) is 5.82 Å². The van der Waals surface area contributed by atoms with E-state index in [-0.39, 0.29) is 17.7 Å². The summed E-state index contributed by atoms with van der Waals surface area (Å²) in [5.41, 5.74) is 0.890. The summed E-state index contributed by atoms with van der Waals surface area (Å²) >= 11 is 1.37. The van der Waals surface area contributed by atoms with Crippen molar-refractivity contribution in [1.29, 1.82) is 0 Å². The fourth-order valence-corrected chi connectivity index (χ4v) is 5.64. The van der Waals surface area contributed by atoms with Crippen LogP contribution >= 0.6 is 11.3 Å². The molecule has 3 aromatic heterocycles. The van der Waals surface area contributed by atoms with Gasteiger partial charge in [0.25, 0.3) is 0 Å². The molecule has 6 rings (SSSR count). The maximum Gasteiger partial charge on any atom is 0.230 e. The average molecular weight is 456 g/mol. The number of halogens is 1. The number of thiazole rings is 1. The molecular weight excluding hydrogens is 435 g/mol. The van der Waals surface area contributed by atoms with E-state index in [1.807, 2.05) is 0 Å². The lowest BCUT2D eigenvalue weighted by atomic mass is 9.97. The molecule has 1 atom stereocenters. The van der Waals surface area contributed by atoms with Crippen molar-refractivity contribution in [3.05, 3.63) is 58.9 Å². The largest absolute Gasteiger partial charge is 0.492 e. The maximum atomic E-state index is 13.6. The first kappa shape index (κ1) is 19.9. The minimum Gasteiger partial charge on any atom is -0.492 e. The molecule has 166 valence electrons. The molecule has 0 aliphatic carbocycles. The minimum atomic E-state index is -0.505. The highest BCUT2D eigenvalue weighted by molar-refractivity contribution is 7.17. The molecule has 1 N–H and O–H groups in total. The van der Waals surface area contributed by atoms with E-state index in [1.165, 1.54) is 28.0 Å². The predicted octanol–water partition coefficient (Wildman–Crippen LogP) is 3.82. The molecule has 2 fully saturated rings. The highest BCUT2D eigenvalue weighted by atomic mass is 32.1. The van der Waals surface area contributed by atoms with Crippen LogP contribution in [0.15, 0.2) is 47.1 Å². The summed E-state index contributed by atoms with van der Waals surface area (Å²) in [6.07, 6.45) is 3.02. The van der Waals surface area contributed by atoms with Gasteiger partial charge in [-0.05, 0) is 29.8 Å². The molecule has 0 saturated carbocycles. The van der Waals surface area contributed by atoms with E-state index in [9.17, 15) is 9.50 Å². The Hall–Kier alpha value is -2.79. The summed E-state index contributed by atoms with van der Waals surface area (Å²) in [5, 5.41) is 15.5. The molecule has 1 spiro atoms. The summed E-state index contributed by atoms with van der Waals surface area (Å²) < 4.78 is 32.2. The summed E-state index contributed by atoms with van der Waals surface area (Å²) in [7, 11) is 0. The number of ether oxygens (including phenoxy) is 2. The molecule has 1 aromatic carbocycles. The fourth-order valence-electron chi connectivity index (χ4n) is 4.52. The highest BCUT2D eigenvalue weighted by Gasteiger charge is 2.42. The maximum absolute atomic E-state index is 13.6. The van der Waals surface area contributed by atoms with Crippen molar-refractivity contribution in [1.82, 2.24) is 19.5 Å². The number of hydrogen-bond donors (Lipinski definition) is 1. The van der Waals surface area contributed by atoms with Gasteiger partial charge < -0.3 is 19.0 Å². The third kappa shape index (κ3) is 3.30. The summed E-state index contributed by atoms with van der Waals surface area (Å²) in [6.45, 7) is 2.67. The standard InChI is InChI=1S/C22H21FN4O4S/c23-15-5-3-14(4-6-15)17(26-9-7-22(8-10-26)30-12-13-31-22)18-20(28)27-21(32-18)24-19(25-27)16-2-1-11-29-16/h1-6,11,17,28H,7-10,12-13H2. The number of benzene rings is 1. The van der Waals surface area contributed by atoms with Crippen LogP contribution in [0.4, 0.5) is 4.39 Å². The normalized spacial score (nSPS) is 19.8. The van der Waals surface area contributed by atoms with Gasteiger partial charge in [-0.2, -0.15) is 9.50 Å². The van der Waals surface area contributed by atoms with Crippen molar-refractivity contribution < 1.29 is 23.4 Å². The Labute approximate surface area is 186 Å². The first-order valence-corrected chi connectivity index (χ1v) is 11.3. The summed E-state index contributed by atoms with van der Waals surface area (Å²) in [5.74, 6) is 0.174. The molecular formula is C22H21FN4O4S. The Bertz CT molecular complexity index is 1220. The van der Waals surface area contributed by atoms with Gasteiger partial charge in [-0.3, -0.25) is 4.90 Å². The molecule has 10 heteroatoms. The molecule has 0 bridgehead atoms. The first-order chi connectivity index (χ1) is 15.6. The second kappa shape index (κ2) is 7.66. The Morgan fingerprint density at radius 1 is 1.09 bits per heavy atom.